The van der Waals surface area contributed by atoms with Gasteiger partial charge in [-0.3, -0.25) is 0 Å². The number of hydrogen-bond acceptors (Lipinski definition) is 0. The molecule has 0 aliphatic carbocycles. The topological polar surface area (TPSA) is 0 Å². The SMILES string of the molecule is [CH]=CCCCCC=CCCC=CC. The minimum Gasteiger partial charge on any atom is -0.0917 e. The first-order valence-corrected chi connectivity index (χ1v) is 5.21. The van der Waals surface area contributed by atoms with Crippen LogP contribution in [0.1, 0.15) is 45.4 Å². The van der Waals surface area contributed by atoms with Crippen LogP contribution in [0.2, 0.25) is 0 Å². The highest BCUT2D eigenvalue weighted by atomic mass is 13.9. The van der Waals surface area contributed by atoms with Gasteiger partial charge in [0.25, 0.3) is 0 Å². The largest absolute Gasteiger partial charge is 0.0917 e. The van der Waals surface area contributed by atoms with Gasteiger partial charge in [0, 0.05) is 0 Å². The molecule has 0 N–H and O–H groups in total. The number of rotatable bonds is 8. The van der Waals surface area contributed by atoms with E-state index in [1.165, 1.54) is 32.1 Å². The molecule has 73 valence electrons. The summed E-state index contributed by atoms with van der Waals surface area (Å²) >= 11 is 0. The van der Waals surface area contributed by atoms with Crippen LogP contribution in [0.25, 0.3) is 0 Å². The van der Waals surface area contributed by atoms with Crippen molar-refractivity contribution in [2.45, 2.75) is 45.4 Å². The molecule has 0 fully saturated rings. The first-order chi connectivity index (χ1) is 6.41. The molecular weight excluding hydrogens is 156 g/mol. The summed E-state index contributed by atoms with van der Waals surface area (Å²) < 4.78 is 0. The molecule has 0 aromatic heterocycles. The molecule has 13 heavy (non-hydrogen) atoms. The van der Waals surface area contributed by atoms with E-state index in [1.807, 2.05) is 0 Å². The first-order valence-electron chi connectivity index (χ1n) is 5.21. The number of unbranched alkanes of at least 4 members (excludes halogenated alkanes) is 4. The van der Waals surface area contributed by atoms with Crippen molar-refractivity contribution in [3.63, 3.8) is 0 Å². The molecule has 0 bridgehead atoms. The molecule has 0 nitrogen and oxygen atoms in total. The Morgan fingerprint density at radius 2 is 1.46 bits per heavy atom. The lowest BCUT2D eigenvalue weighted by molar-refractivity contribution is 0.760. The van der Waals surface area contributed by atoms with Gasteiger partial charge in [-0.05, 0) is 45.4 Å². The quantitative estimate of drug-likeness (QED) is 0.379. The Morgan fingerprint density at radius 3 is 2.15 bits per heavy atom. The zero-order chi connectivity index (χ0) is 9.78. The number of hydrogen-bond donors (Lipinski definition) is 0. The predicted molar refractivity (Wildman–Crippen MR) is 60.5 cm³/mol. The van der Waals surface area contributed by atoms with E-state index in [2.05, 4.69) is 31.2 Å². The van der Waals surface area contributed by atoms with Crippen LogP contribution >= 0.6 is 0 Å². The van der Waals surface area contributed by atoms with Gasteiger partial charge in [0.05, 0.1) is 0 Å². The molecule has 0 aliphatic heterocycles. The molecular formula is C13H21. The Hall–Kier alpha value is -0.780. The van der Waals surface area contributed by atoms with E-state index in [0.717, 1.165) is 6.42 Å². The van der Waals surface area contributed by atoms with Gasteiger partial charge >= 0.3 is 0 Å². The van der Waals surface area contributed by atoms with Gasteiger partial charge in [0.15, 0.2) is 0 Å². The second kappa shape index (κ2) is 11.2. The third-order valence-corrected chi connectivity index (χ3v) is 1.89. The van der Waals surface area contributed by atoms with Crippen LogP contribution in [-0.2, 0) is 0 Å². The standard InChI is InChI=1S/C13H21/c1-3-5-7-9-11-13-12-10-8-6-4-2/h1,3-4,6,12-13H,5,7-11H2,2H3. The summed E-state index contributed by atoms with van der Waals surface area (Å²) in [7, 11) is 0. The fourth-order valence-electron chi connectivity index (χ4n) is 1.12. The lowest BCUT2D eigenvalue weighted by Gasteiger charge is -1.92. The maximum absolute atomic E-state index is 5.27. The molecule has 0 saturated carbocycles. The Balaban J connectivity index is 3.07. The van der Waals surface area contributed by atoms with E-state index in [9.17, 15) is 0 Å². The molecule has 0 atom stereocenters. The minimum absolute atomic E-state index is 1.05. The predicted octanol–water partition coefficient (Wildman–Crippen LogP) is 4.45. The van der Waals surface area contributed by atoms with Crippen molar-refractivity contribution >= 4 is 0 Å². The molecule has 0 saturated heterocycles. The molecule has 0 aromatic carbocycles. The summed E-state index contributed by atoms with van der Waals surface area (Å²) in [5, 5.41) is 0. The summed E-state index contributed by atoms with van der Waals surface area (Å²) in [6.07, 6.45) is 17.7. The normalized spacial score (nSPS) is 11.5. The van der Waals surface area contributed by atoms with Crippen LogP contribution in [0.15, 0.2) is 30.4 Å². The maximum Gasteiger partial charge on any atom is -0.0316 e. The highest BCUT2D eigenvalue weighted by Gasteiger charge is 1.82. The summed E-state index contributed by atoms with van der Waals surface area (Å²) in [5.74, 6) is 0. The molecule has 0 aromatic rings. The van der Waals surface area contributed by atoms with Crippen LogP contribution in [0.4, 0.5) is 0 Å². The van der Waals surface area contributed by atoms with Crippen molar-refractivity contribution in [2.24, 2.45) is 0 Å². The van der Waals surface area contributed by atoms with E-state index in [0.29, 0.717) is 0 Å². The zero-order valence-corrected chi connectivity index (χ0v) is 8.71. The molecule has 0 heterocycles. The second-order valence-electron chi connectivity index (χ2n) is 3.14. The van der Waals surface area contributed by atoms with Crippen molar-refractivity contribution in [3.05, 3.63) is 37.0 Å². The maximum atomic E-state index is 5.27. The van der Waals surface area contributed by atoms with Gasteiger partial charge in [-0.15, -0.1) is 0 Å². The lowest BCUT2D eigenvalue weighted by atomic mass is 10.1. The summed E-state index contributed by atoms with van der Waals surface area (Å²) in [6, 6.07) is 0. The smallest absolute Gasteiger partial charge is 0.0316 e. The fraction of sp³-hybridized carbons (Fsp3) is 0.538. The zero-order valence-electron chi connectivity index (χ0n) is 8.71. The average Bonchev–Trinajstić information content (AvgIpc) is 2.16. The highest BCUT2D eigenvalue weighted by Crippen LogP contribution is 2.02. The molecule has 0 spiro atoms. The van der Waals surface area contributed by atoms with Gasteiger partial charge < -0.3 is 0 Å². The number of allylic oxidation sites excluding steroid dienone is 5. The van der Waals surface area contributed by atoms with Crippen molar-refractivity contribution in [2.75, 3.05) is 0 Å². The van der Waals surface area contributed by atoms with E-state index < -0.39 is 0 Å². The van der Waals surface area contributed by atoms with Crippen molar-refractivity contribution in [3.8, 4) is 0 Å². The van der Waals surface area contributed by atoms with Crippen LogP contribution < -0.4 is 0 Å². The summed E-state index contributed by atoms with van der Waals surface area (Å²) in [4.78, 5) is 0. The Labute approximate surface area is 83.0 Å². The molecule has 0 amide bonds. The molecule has 0 unspecified atom stereocenters. The van der Waals surface area contributed by atoms with Crippen LogP contribution in [0, 0.1) is 6.58 Å². The Morgan fingerprint density at radius 1 is 0.846 bits per heavy atom. The van der Waals surface area contributed by atoms with Crippen molar-refractivity contribution in [1.82, 2.24) is 0 Å². The van der Waals surface area contributed by atoms with Crippen molar-refractivity contribution < 1.29 is 0 Å². The van der Waals surface area contributed by atoms with Gasteiger partial charge in [-0.25, -0.2) is 0 Å². The summed E-state index contributed by atoms with van der Waals surface area (Å²) in [5.41, 5.74) is 0. The van der Waals surface area contributed by atoms with E-state index >= 15 is 0 Å². The van der Waals surface area contributed by atoms with Crippen molar-refractivity contribution in [1.29, 1.82) is 0 Å². The van der Waals surface area contributed by atoms with Gasteiger partial charge in [0.2, 0.25) is 0 Å². The third kappa shape index (κ3) is 11.2. The van der Waals surface area contributed by atoms with E-state index in [1.54, 1.807) is 6.08 Å². The Kier molecular flexibility index (Phi) is 10.5. The average molecular weight is 177 g/mol. The Bertz CT molecular complexity index is 151. The van der Waals surface area contributed by atoms with E-state index in [-0.39, 0.29) is 0 Å². The summed E-state index contributed by atoms with van der Waals surface area (Å²) in [6.45, 7) is 7.34. The van der Waals surface area contributed by atoms with Gasteiger partial charge in [-0.2, -0.15) is 0 Å². The molecule has 0 heteroatoms. The molecule has 0 aliphatic rings. The van der Waals surface area contributed by atoms with Gasteiger partial charge in [-0.1, -0.05) is 37.0 Å². The van der Waals surface area contributed by atoms with Gasteiger partial charge in [0.1, 0.15) is 0 Å². The van der Waals surface area contributed by atoms with Crippen LogP contribution in [0.3, 0.4) is 0 Å². The van der Waals surface area contributed by atoms with E-state index in [4.69, 9.17) is 6.58 Å². The lowest BCUT2D eigenvalue weighted by Crippen LogP contribution is -1.72. The molecule has 0 rings (SSSR count). The minimum atomic E-state index is 1.05. The first kappa shape index (κ1) is 12.2. The monoisotopic (exact) mass is 177 g/mol. The third-order valence-electron chi connectivity index (χ3n) is 1.89. The fourth-order valence-corrected chi connectivity index (χ4v) is 1.12. The van der Waals surface area contributed by atoms with Crippen LogP contribution in [0.5, 0.6) is 0 Å². The molecule has 1 radical (unpaired) electrons. The van der Waals surface area contributed by atoms with Crippen LogP contribution in [-0.4, -0.2) is 0 Å². The second-order valence-corrected chi connectivity index (χ2v) is 3.14. The highest BCUT2D eigenvalue weighted by molar-refractivity contribution is 4.86.